The lowest BCUT2D eigenvalue weighted by Crippen LogP contribution is -2.41. The summed E-state index contributed by atoms with van der Waals surface area (Å²) >= 11 is 0. The van der Waals surface area contributed by atoms with E-state index >= 15 is 0 Å². The van der Waals surface area contributed by atoms with E-state index in [1.54, 1.807) is 39.8 Å². The second kappa shape index (κ2) is 8.09. The molecule has 7 nitrogen and oxygen atoms in total. The van der Waals surface area contributed by atoms with Crippen molar-refractivity contribution in [1.82, 2.24) is 0 Å². The molecular formula is C21H31BO7. The molecule has 0 saturated carbocycles. The van der Waals surface area contributed by atoms with E-state index in [1.807, 2.05) is 27.7 Å². The molecule has 2 rings (SSSR count). The van der Waals surface area contributed by atoms with E-state index in [-0.39, 0.29) is 18.8 Å². The highest BCUT2D eigenvalue weighted by Gasteiger charge is 2.52. The predicted octanol–water partition coefficient (Wildman–Crippen LogP) is 2.85. The first-order valence-corrected chi connectivity index (χ1v) is 9.65. The average molecular weight is 406 g/mol. The van der Waals surface area contributed by atoms with Crippen LogP contribution >= 0.6 is 0 Å². The van der Waals surface area contributed by atoms with E-state index in [0.717, 1.165) is 0 Å². The number of hydrogen-bond donors (Lipinski definition) is 1. The monoisotopic (exact) mass is 406 g/mol. The first kappa shape index (κ1) is 23.4. The van der Waals surface area contributed by atoms with Crippen molar-refractivity contribution < 1.29 is 33.5 Å². The number of rotatable bonds is 6. The van der Waals surface area contributed by atoms with Crippen LogP contribution in [0.25, 0.3) is 0 Å². The van der Waals surface area contributed by atoms with Crippen molar-refractivity contribution in [2.75, 3.05) is 6.61 Å². The van der Waals surface area contributed by atoms with Crippen molar-refractivity contribution in [1.29, 1.82) is 0 Å². The van der Waals surface area contributed by atoms with Crippen LogP contribution in [0, 0.1) is 6.92 Å². The molecule has 0 aliphatic carbocycles. The van der Waals surface area contributed by atoms with Gasteiger partial charge in [-0.15, -0.1) is 0 Å². The van der Waals surface area contributed by atoms with E-state index in [0.29, 0.717) is 16.6 Å². The Kier molecular flexibility index (Phi) is 6.52. The average Bonchev–Trinajstić information content (AvgIpc) is 2.74. The van der Waals surface area contributed by atoms with Crippen molar-refractivity contribution in [3.63, 3.8) is 0 Å². The summed E-state index contributed by atoms with van der Waals surface area (Å²) in [6.45, 7) is 14.7. The molecule has 0 atom stereocenters. The van der Waals surface area contributed by atoms with Gasteiger partial charge in [-0.25, -0.2) is 9.59 Å². The number of carbonyl (C=O) groups is 2. The van der Waals surface area contributed by atoms with E-state index in [2.05, 4.69) is 0 Å². The van der Waals surface area contributed by atoms with Crippen LogP contribution in [0.3, 0.4) is 0 Å². The Hall–Kier alpha value is -1.90. The van der Waals surface area contributed by atoms with Crippen molar-refractivity contribution in [3.8, 4) is 0 Å². The Morgan fingerprint density at radius 2 is 1.66 bits per heavy atom. The zero-order chi connectivity index (χ0) is 22.2. The second-order valence-electron chi connectivity index (χ2n) is 9.33. The lowest BCUT2D eigenvalue weighted by molar-refractivity contribution is -0.160. The fourth-order valence-corrected chi connectivity index (χ4v) is 2.94. The van der Waals surface area contributed by atoms with Gasteiger partial charge < -0.3 is 23.9 Å². The molecule has 0 spiro atoms. The molecule has 1 aromatic carbocycles. The summed E-state index contributed by atoms with van der Waals surface area (Å²) < 4.78 is 22.8. The zero-order valence-electron chi connectivity index (χ0n) is 18.5. The van der Waals surface area contributed by atoms with Crippen LogP contribution in [0.2, 0.25) is 0 Å². The molecule has 0 unspecified atom stereocenters. The molecule has 1 aromatic rings. The summed E-state index contributed by atoms with van der Waals surface area (Å²) in [6, 6.07) is 3.35. The van der Waals surface area contributed by atoms with Gasteiger partial charge in [0.25, 0.3) is 0 Å². The third-order valence-electron chi connectivity index (χ3n) is 5.15. The number of benzene rings is 1. The van der Waals surface area contributed by atoms with Gasteiger partial charge >= 0.3 is 19.1 Å². The van der Waals surface area contributed by atoms with Gasteiger partial charge in [0.05, 0.1) is 23.4 Å². The molecule has 0 bridgehead atoms. The molecule has 1 aliphatic heterocycles. The molecule has 1 saturated heterocycles. The molecule has 1 N–H and O–H groups in total. The second-order valence-corrected chi connectivity index (χ2v) is 9.33. The maximum Gasteiger partial charge on any atom is 0.495 e. The Morgan fingerprint density at radius 3 is 2.14 bits per heavy atom. The van der Waals surface area contributed by atoms with Crippen LogP contribution in [0.1, 0.15) is 70.0 Å². The minimum absolute atomic E-state index is 0.0618. The molecule has 160 valence electrons. The smallest absolute Gasteiger partial charge is 0.478 e. The van der Waals surface area contributed by atoms with E-state index < -0.39 is 35.9 Å². The lowest BCUT2D eigenvalue weighted by Gasteiger charge is -2.32. The Balaban J connectivity index is 2.23. The standard InChI is InChI=1S/C21H31BO7/c1-13-15(18(24)25)9-14(11-26-12-17(23)27-19(2,3)4)10-16(13)22-28-20(5,6)21(7,8)29-22/h9-10H,11-12H2,1-8H3,(H,24,25). The molecule has 1 fully saturated rings. The highest BCUT2D eigenvalue weighted by atomic mass is 16.7. The third-order valence-corrected chi connectivity index (χ3v) is 5.15. The van der Waals surface area contributed by atoms with Gasteiger partial charge in [0.1, 0.15) is 12.2 Å². The largest absolute Gasteiger partial charge is 0.495 e. The highest BCUT2D eigenvalue weighted by Crippen LogP contribution is 2.37. The van der Waals surface area contributed by atoms with Gasteiger partial charge in [0.15, 0.2) is 0 Å². The topological polar surface area (TPSA) is 91.3 Å². The Bertz CT molecular complexity index is 777. The summed E-state index contributed by atoms with van der Waals surface area (Å²) in [5.41, 5.74) is 0.290. The Morgan fingerprint density at radius 1 is 1.10 bits per heavy atom. The normalized spacial score (nSPS) is 18.0. The fraction of sp³-hybridized carbons (Fsp3) is 0.619. The van der Waals surface area contributed by atoms with Gasteiger partial charge in [-0.05, 0) is 78.0 Å². The van der Waals surface area contributed by atoms with Gasteiger partial charge in [-0.1, -0.05) is 6.07 Å². The van der Waals surface area contributed by atoms with Crippen molar-refractivity contribution in [2.24, 2.45) is 0 Å². The number of ether oxygens (including phenoxy) is 2. The number of carboxylic acid groups (broad SMARTS) is 1. The molecule has 29 heavy (non-hydrogen) atoms. The number of carboxylic acids is 1. The highest BCUT2D eigenvalue weighted by molar-refractivity contribution is 6.62. The minimum atomic E-state index is -1.05. The molecular weight excluding hydrogens is 375 g/mol. The van der Waals surface area contributed by atoms with E-state index in [1.165, 1.54) is 0 Å². The first-order valence-electron chi connectivity index (χ1n) is 9.65. The van der Waals surface area contributed by atoms with Crippen molar-refractivity contribution in [2.45, 2.75) is 78.8 Å². The molecule has 0 radical (unpaired) electrons. The van der Waals surface area contributed by atoms with E-state index in [4.69, 9.17) is 18.8 Å². The minimum Gasteiger partial charge on any atom is -0.478 e. The molecule has 1 aliphatic rings. The number of carbonyl (C=O) groups excluding carboxylic acids is 1. The molecule has 1 heterocycles. The first-order chi connectivity index (χ1) is 13.1. The van der Waals surface area contributed by atoms with Crippen LogP contribution < -0.4 is 5.46 Å². The number of hydrogen-bond acceptors (Lipinski definition) is 6. The molecule has 0 aromatic heterocycles. The zero-order valence-corrected chi connectivity index (χ0v) is 18.5. The summed E-state index contributed by atoms with van der Waals surface area (Å²) in [5, 5.41) is 9.61. The van der Waals surface area contributed by atoms with Gasteiger partial charge in [-0.2, -0.15) is 0 Å². The lowest BCUT2D eigenvalue weighted by atomic mass is 9.74. The van der Waals surface area contributed by atoms with Crippen LogP contribution in [-0.2, 0) is 30.2 Å². The molecule has 0 amide bonds. The van der Waals surface area contributed by atoms with Gasteiger partial charge in [0.2, 0.25) is 0 Å². The fourth-order valence-electron chi connectivity index (χ4n) is 2.94. The van der Waals surface area contributed by atoms with Crippen molar-refractivity contribution in [3.05, 3.63) is 28.8 Å². The third kappa shape index (κ3) is 5.59. The SMILES string of the molecule is Cc1c(B2OC(C)(C)C(C)(C)O2)cc(COCC(=O)OC(C)(C)C)cc1C(=O)O. The maximum absolute atomic E-state index is 11.8. The predicted molar refractivity (Wildman–Crippen MR) is 109 cm³/mol. The van der Waals surface area contributed by atoms with Crippen LogP contribution in [0.15, 0.2) is 12.1 Å². The maximum atomic E-state index is 11.8. The van der Waals surface area contributed by atoms with Crippen molar-refractivity contribution >= 4 is 24.5 Å². The number of esters is 1. The summed E-state index contributed by atoms with van der Waals surface area (Å²) in [5.74, 6) is -1.52. The van der Waals surface area contributed by atoms with Crippen LogP contribution in [-0.4, -0.2) is 47.6 Å². The van der Waals surface area contributed by atoms with Crippen LogP contribution in [0.4, 0.5) is 0 Å². The van der Waals surface area contributed by atoms with Gasteiger partial charge in [-0.3, -0.25) is 0 Å². The summed E-state index contributed by atoms with van der Waals surface area (Å²) in [7, 11) is -0.691. The van der Waals surface area contributed by atoms with E-state index in [9.17, 15) is 14.7 Å². The number of aromatic carboxylic acids is 1. The Labute approximate surface area is 172 Å². The molecule has 8 heteroatoms. The summed E-state index contributed by atoms with van der Waals surface area (Å²) in [6.07, 6.45) is 0. The van der Waals surface area contributed by atoms with Crippen LogP contribution in [0.5, 0.6) is 0 Å². The van der Waals surface area contributed by atoms with Gasteiger partial charge in [0, 0.05) is 0 Å². The quantitative estimate of drug-likeness (QED) is 0.574. The summed E-state index contributed by atoms with van der Waals surface area (Å²) in [4.78, 5) is 23.6.